The zero-order valence-electron chi connectivity index (χ0n) is 12.7. The van der Waals surface area contributed by atoms with Crippen LogP contribution in [0.1, 0.15) is 84.0 Å². The Morgan fingerprint density at radius 1 is 0.842 bits per heavy atom. The van der Waals surface area contributed by atoms with Crippen LogP contribution < -0.4 is 0 Å². The molecule has 1 N–H and O–H groups in total. The van der Waals surface area contributed by atoms with Crippen molar-refractivity contribution >= 4 is 5.97 Å². The second kappa shape index (κ2) is 15.5. The normalized spacial score (nSPS) is 10.6. The molecule has 0 heterocycles. The quantitative estimate of drug-likeness (QED) is 0.380. The molecule has 0 bridgehead atoms. The standard InChI is InChI=1S/C16H32O3/c1-2-3-4-5-6-9-12-15-19-16(18)13-10-7-8-11-14-17/h17H,2-15H2,1H3. The van der Waals surface area contributed by atoms with Crippen LogP contribution in [-0.4, -0.2) is 24.3 Å². The predicted octanol–water partition coefficient (Wildman–Crippen LogP) is 4.22. The van der Waals surface area contributed by atoms with Gasteiger partial charge in [-0.2, -0.15) is 0 Å². The van der Waals surface area contributed by atoms with Gasteiger partial charge < -0.3 is 9.84 Å². The van der Waals surface area contributed by atoms with Crippen molar-refractivity contribution in [2.24, 2.45) is 0 Å². The second-order valence-electron chi connectivity index (χ2n) is 5.23. The van der Waals surface area contributed by atoms with Crippen LogP contribution in [0.4, 0.5) is 0 Å². The highest BCUT2D eigenvalue weighted by Crippen LogP contribution is 2.08. The number of esters is 1. The van der Waals surface area contributed by atoms with Crippen LogP contribution in [0.2, 0.25) is 0 Å². The highest BCUT2D eigenvalue weighted by atomic mass is 16.5. The molecule has 19 heavy (non-hydrogen) atoms. The third kappa shape index (κ3) is 15.4. The largest absolute Gasteiger partial charge is 0.466 e. The van der Waals surface area contributed by atoms with Crippen LogP contribution in [0.15, 0.2) is 0 Å². The molecular weight excluding hydrogens is 240 g/mol. The zero-order chi connectivity index (χ0) is 14.2. The van der Waals surface area contributed by atoms with Gasteiger partial charge in [-0.25, -0.2) is 0 Å². The number of unbranched alkanes of at least 4 members (excludes halogenated alkanes) is 9. The molecule has 0 saturated carbocycles. The molecule has 0 aliphatic carbocycles. The maximum absolute atomic E-state index is 11.4. The van der Waals surface area contributed by atoms with Gasteiger partial charge in [-0.3, -0.25) is 4.79 Å². The fourth-order valence-electron chi connectivity index (χ4n) is 2.05. The highest BCUT2D eigenvalue weighted by molar-refractivity contribution is 5.69. The molecule has 0 amide bonds. The Labute approximate surface area is 118 Å². The van der Waals surface area contributed by atoms with Gasteiger partial charge >= 0.3 is 5.97 Å². The minimum absolute atomic E-state index is 0.0602. The maximum Gasteiger partial charge on any atom is 0.305 e. The Morgan fingerprint density at radius 3 is 2.11 bits per heavy atom. The van der Waals surface area contributed by atoms with E-state index in [0.29, 0.717) is 13.0 Å². The number of rotatable bonds is 14. The Balaban J connectivity index is 3.12. The average molecular weight is 272 g/mol. The molecule has 0 rings (SSSR count). The fraction of sp³-hybridized carbons (Fsp3) is 0.938. The minimum atomic E-state index is -0.0602. The monoisotopic (exact) mass is 272 g/mol. The molecule has 0 aromatic rings. The number of aliphatic hydroxyl groups is 1. The van der Waals surface area contributed by atoms with Gasteiger partial charge in [-0.1, -0.05) is 58.3 Å². The van der Waals surface area contributed by atoms with Crippen molar-refractivity contribution in [2.75, 3.05) is 13.2 Å². The molecule has 3 nitrogen and oxygen atoms in total. The van der Waals surface area contributed by atoms with E-state index in [1.165, 1.54) is 38.5 Å². The summed E-state index contributed by atoms with van der Waals surface area (Å²) in [6.45, 7) is 3.06. The summed E-state index contributed by atoms with van der Waals surface area (Å²) in [7, 11) is 0. The number of ether oxygens (including phenoxy) is 1. The highest BCUT2D eigenvalue weighted by Gasteiger charge is 2.02. The van der Waals surface area contributed by atoms with E-state index in [0.717, 1.165) is 32.1 Å². The van der Waals surface area contributed by atoms with E-state index in [1.54, 1.807) is 0 Å². The summed E-state index contributed by atoms with van der Waals surface area (Å²) in [5.74, 6) is -0.0602. The lowest BCUT2D eigenvalue weighted by atomic mass is 10.1. The van der Waals surface area contributed by atoms with Crippen LogP contribution in [-0.2, 0) is 9.53 Å². The van der Waals surface area contributed by atoms with E-state index in [1.807, 2.05) is 0 Å². The first-order chi connectivity index (χ1) is 9.31. The smallest absolute Gasteiger partial charge is 0.305 e. The lowest BCUT2D eigenvalue weighted by Gasteiger charge is -2.05. The van der Waals surface area contributed by atoms with Gasteiger partial charge in [0.15, 0.2) is 0 Å². The summed E-state index contributed by atoms with van der Waals surface area (Å²) in [6, 6.07) is 0. The topological polar surface area (TPSA) is 46.5 Å². The van der Waals surface area contributed by atoms with E-state index >= 15 is 0 Å². The van der Waals surface area contributed by atoms with Crippen LogP contribution >= 0.6 is 0 Å². The Morgan fingerprint density at radius 2 is 1.42 bits per heavy atom. The molecule has 0 aromatic heterocycles. The van der Waals surface area contributed by atoms with E-state index < -0.39 is 0 Å². The molecule has 0 saturated heterocycles. The summed E-state index contributed by atoms with van der Waals surface area (Å²) in [6.07, 6.45) is 13.0. The molecule has 0 aromatic carbocycles. The van der Waals surface area contributed by atoms with Crippen molar-refractivity contribution in [1.82, 2.24) is 0 Å². The molecule has 0 atom stereocenters. The second-order valence-corrected chi connectivity index (χ2v) is 5.23. The van der Waals surface area contributed by atoms with E-state index in [4.69, 9.17) is 9.84 Å². The van der Waals surface area contributed by atoms with Crippen LogP contribution in [0.5, 0.6) is 0 Å². The molecule has 0 aliphatic heterocycles. The Hall–Kier alpha value is -0.570. The molecule has 0 fully saturated rings. The lowest BCUT2D eigenvalue weighted by molar-refractivity contribution is -0.143. The van der Waals surface area contributed by atoms with E-state index in [2.05, 4.69) is 6.92 Å². The molecule has 114 valence electrons. The third-order valence-corrected chi connectivity index (χ3v) is 3.30. The maximum atomic E-state index is 11.4. The van der Waals surface area contributed by atoms with Crippen molar-refractivity contribution < 1.29 is 14.6 Å². The van der Waals surface area contributed by atoms with Gasteiger partial charge in [0.25, 0.3) is 0 Å². The summed E-state index contributed by atoms with van der Waals surface area (Å²) >= 11 is 0. The number of hydrogen-bond donors (Lipinski definition) is 1. The minimum Gasteiger partial charge on any atom is -0.466 e. The Kier molecular flexibility index (Phi) is 15.0. The van der Waals surface area contributed by atoms with Crippen LogP contribution in [0.25, 0.3) is 0 Å². The first-order valence-electron chi connectivity index (χ1n) is 8.07. The van der Waals surface area contributed by atoms with E-state index in [-0.39, 0.29) is 12.6 Å². The number of hydrogen-bond acceptors (Lipinski definition) is 3. The van der Waals surface area contributed by atoms with Gasteiger partial charge in [0.2, 0.25) is 0 Å². The van der Waals surface area contributed by atoms with Gasteiger partial charge in [0, 0.05) is 13.0 Å². The summed E-state index contributed by atoms with van der Waals surface area (Å²) in [4.78, 5) is 11.4. The van der Waals surface area contributed by atoms with Crippen molar-refractivity contribution in [1.29, 1.82) is 0 Å². The van der Waals surface area contributed by atoms with Gasteiger partial charge in [0.05, 0.1) is 6.61 Å². The molecular formula is C16H32O3. The SMILES string of the molecule is CCCCCCCCCOC(=O)CCCCCCO. The Bertz CT molecular complexity index is 192. The van der Waals surface area contributed by atoms with E-state index in [9.17, 15) is 4.79 Å². The molecule has 0 radical (unpaired) electrons. The van der Waals surface area contributed by atoms with Crippen molar-refractivity contribution in [2.45, 2.75) is 84.0 Å². The first kappa shape index (κ1) is 18.4. The number of aliphatic hydroxyl groups excluding tert-OH is 1. The number of carbonyl (C=O) groups excluding carboxylic acids is 1. The summed E-state index contributed by atoms with van der Waals surface area (Å²) in [5, 5.41) is 8.62. The third-order valence-electron chi connectivity index (χ3n) is 3.30. The first-order valence-corrected chi connectivity index (χ1v) is 8.07. The van der Waals surface area contributed by atoms with Crippen LogP contribution in [0.3, 0.4) is 0 Å². The fourth-order valence-corrected chi connectivity index (χ4v) is 2.05. The molecule has 0 aliphatic rings. The van der Waals surface area contributed by atoms with Crippen LogP contribution in [0, 0.1) is 0 Å². The lowest BCUT2D eigenvalue weighted by Crippen LogP contribution is -2.05. The molecule has 3 heteroatoms. The van der Waals surface area contributed by atoms with Gasteiger partial charge in [0.1, 0.15) is 0 Å². The van der Waals surface area contributed by atoms with Crippen molar-refractivity contribution in [3.63, 3.8) is 0 Å². The zero-order valence-corrected chi connectivity index (χ0v) is 12.7. The number of carbonyl (C=O) groups is 1. The average Bonchev–Trinajstić information content (AvgIpc) is 2.41. The summed E-state index contributed by atoms with van der Waals surface area (Å²) in [5.41, 5.74) is 0. The molecule has 0 unspecified atom stereocenters. The van der Waals surface area contributed by atoms with Gasteiger partial charge in [-0.05, 0) is 19.3 Å². The summed E-state index contributed by atoms with van der Waals surface area (Å²) < 4.78 is 5.19. The van der Waals surface area contributed by atoms with Crippen molar-refractivity contribution in [3.8, 4) is 0 Å². The van der Waals surface area contributed by atoms with Gasteiger partial charge in [-0.15, -0.1) is 0 Å². The van der Waals surface area contributed by atoms with Crippen molar-refractivity contribution in [3.05, 3.63) is 0 Å². The molecule has 0 spiro atoms. The predicted molar refractivity (Wildman–Crippen MR) is 79.1 cm³/mol.